The third-order valence-corrected chi connectivity index (χ3v) is 4.51. The normalized spacial score (nSPS) is 17.5. The minimum absolute atomic E-state index is 0.0847. The summed E-state index contributed by atoms with van der Waals surface area (Å²) in [7, 11) is 0. The van der Waals surface area contributed by atoms with Gasteiger partial charge in [0.15, 0.2) is 0 Å². The lowest BCUT2D eigenvalue weighted by Crippen LogP contribution is -2.34. The Balaban J connectivity index is 1.34. The molecule has 0 spiro atoms. The Labute approximate surface area is 140 Å². The third-order valence-electron chi connectivity index (χ3n) is 4.51. The number of hydrogen-bond acceptors (Lipinski definition) is 4. The van der Waals surface area contributed by atoms with Gasteiger partial charge in [0.05, 0.1) is 6.26 Å². The highest BCUT2D eigenvalue weighted by Crippen LogP contribution is 2.18. The van der Waals surface area contributed by atoms with E-state index in [2.05, 4.69) is 22.4 Å². The standard InChI is InChI=1S/C19H19N3O2/c23-19(15-3-7-20-8-4-15)22-9-5-17(13-22)21-12-14-1-2-18-16(11-14)6-10-24-18/h1-4,6-8,10-11,17,21H,5,9,12-13H2. The number of aromatic nitrogens is 1. The van der Waals surface area contributed by atoms with Gasteiger partial charge in [0.2, 0.25) is 0 Å². The number of likely N-dealkylation sites (tertiary alicyclic amines) is 1. The zero-order valence-corrected chi connectivity index (χ0v) is 13.3. The maximum Gasteiger partial charge on any atom is 0.254 e. The molecule has 5 heteroatoms. The lowest BCUT2D eigenvalue weighted by Gasteiger charge is -2.17. The van der Waals surface area contributed by atoms with Crippen molar-refractivity contribution in [3.8, 4) is 0 Å². The van der Waals surface area contributed by atoms with Crippen LogP contribution in [0, 0.1) is 0 Å². The van der Waals surface area contributed by atoms with E-state index >= 15 is 0 Å². The number of pyridine rings is 1. The van der Waals surface area contributed by atoms with E-state index in [0.29, 0.717) is 11.6 Å². The molecule has 1 atom stereocenters. The fourth-order valence-electron chi connectivity index (χ4n) is 3.18. The maximum absolute atomic E-state index is 12.4. The lowest BCUT2D eigenvalue weighted by molar-refractivity contribution is 0.0789. The minimum atomic E-state index is 0.0847. The van der Waals surface area contributed by atoms with Gasteiger partial charge in [0.1, 0.15) is 5.58 Å². The second-order valence-electron chi connectivity index (χ2n) is 6.15. The number of carbonyl (C=O) groups excluding carboxylic acids is 1. The van der Waals surface area contributed by atoms with Crippen LogP contribution in [-0.4, -0.2) is 34.9 Å². The zero-order valence-electron chi connectivity index (χ0n) is 13.3. The first kappa shape index (κ1) is 14.9. The Hall–Kier alpha value is -2.66. The number of carbonyl (C=O) groups is 1. The number of furan rings is 1. The molecule has 0 aliphatic carbocycles. The minimum Gasteiger partial charge on any atom is -0.464 e. The van der Waals surface area contributed by atoms with Gasteiger partial charge in [-0.1, -0.05) is 6.07 Å². The predicted octanol–water partition coefficient (Wildman–Crippen LogP) is 2.83. The summed E-state index contributed by atoms with van der Waals surface area (Å²) in [5.41, 5.74) is 2.84. The third kappa shape index (κ3) is 3.03. The van der Waals surface area contributed by atoms with Crippen LogP contribution in [0.4, 0.5) is 0 Å². The highest BCUT2D eigenvalue weighted by atomic mass is 16.3. The van der Waals surface area contributed by atoms with Crippen molar-refractivity contribution in [1.29, 1.82) is 0 Å². The van der Waals surface area contributed by atoms with Crippen molar-refractivity contribution in [3.05, 3.63) is 66.2 Å². The van der Waals surface area contributed by atoms with E-state index in [1.54, 1.807) is 30.8 Å². The van der Waals surface area contributed by atoms with Gasteiger partial charge in [0.25, 0.3) is 5.91 Å². The Morgan fingerprint density at radius 3 is 3.00 bits per heavy atom. The van der Waals surface area contributed by atoms with Gasteiger partial charge < -0.3 is 14.6 Å². The number of hydrogen-bond donors (Lipinski definition) is 1. The molecule has 5 nitrogen and oxygen atoms in total. The SMILES string of the molecule is O=C(c1ccncc1)N1CCC(NCc2ccc3occc3c2)C1. The molecular formula is C19H19N3O2. The first-order chi connectivity index (χ1) is 11.8. The van der Waals surface area contributed by atoms with Gasteiger partial charge in [-0.25, -0.2) is 0 Å². The van der Waals surface area contributed by atoms with E-state index in [1.165, 1.54) is 5.56 Å². The largest absolute Gasteiger partial charge is 0.464 e. The van der Waals surface area contributed by atoms with Crippen LogP contribution >= 0.6 is 0 Å². The molecule has 1 unspecified atom stereocenters. The van der Waals surface area contributed by atoms with Crippen LogP contribution in [0.15, 0.2) is 59.5 Å². The number of nitrogens with one attached hydrogen (secondary N) is 1. The molecule has 122 valence electrons. The molecule has 1 aliphatic rings. The predicted molar refractivity (Wildman–Crippen MR) is 91.6 cm³/mol. The van der Waals surface area contributed by atoms with Crippen LogP contribution in [-0.2, 0) is 6.54 Å². The molecule has 0 bridgehead atoms. The summed E-state index contributed by atoms with van der Waals surface area (Å²) in [6.45, 7) is 2.33. The van der Waals surface area contributed by atoms with E-state index < -0.39 is 0 Å². The highest BCUT2D eigenvalue weighted by molar-refractivity contribution is 5.94. The van der Waals surface area contributed by atoms with Crippen LogP contribution in [0.5, 0.6) is 0 Å². The Morgan fingerprint density at radius 2 is 2.12 bits per heavy atom. The molecule has 0 saturated carbocycles. The summed E-state index contributed by atoms with van der Waals surface area (Å²) < 4.78 is 5.36. The molecule has 24 heavy (non-hydrogen) atoms. The second kappa shape index (κ2) is 6.45. The van der Waals surface area contributed by atoms with Crippen molar-refractivity contribution in [1.82, 2.24) is 15.2 Å². The van der Waals surface area contributed by atoms with Crippen LogP contribution < -0.4 is 5.32 Å². The van der Waals surface area contributed by atoms with E-state index in [4.69, 9.17) is 4.42 Å². The van der Waals surface area contributed by atoms with Gasteiger partial charge in [-0.3, -0.25) is 9.78 Å². The molecule has 4 rings (SSSR count). The first-order valence-corrected chi connectivity index (χ1v) is 8.18. The summed E-state index contributed by atoms with van der Waals surface area (Å²) in [5, 5.41) is 4.67. The van der Waals surface area contributed by atoms with Crippen molar-refractivity contribution >= 4 is 16.9 Å². The summed E-state index contributed by atoms with van der Waals surface area (Å²) in [4.78, 5) is 18.3. The Bertz CT molecular complexity index is 844. The molecule has 1 aromatic carbocycles. The molecule has 1 N–H and O–H groups in total. The molecule has 3 aromatic rings. The van der Waals surface area contributed by atoms with Crippen LogP contribution in [0.2, 0.25) is 0 Å². The number of fused-ring (bicyclic) bond motifs is 1. The van der Waals surface area contributed by atoms with Crippen molar-refractivity contribution < 1.29 is 9.21 Å². The van der Waals surface area contributed by atoms with Crippen molar-refractivity contribution in [2.45, 2.75) is 19.0 Å². The van der Waals surface area contributed by atoms with E-state index in [1.807, 2.05) is 17.0 Å². The number of benzene rings is 1. The average Bonchev–Trinajstić information content (AvgIpc) is 3.29. The summed E-state index contributed by atoms with van der Waals surface area (Å²) >= 11 is 0. The Kier molecular flexibility index (Phi) is 4.01. The average molecular weight is 321 g/mol. The summed E-state index contributed by atoms with van der Waals surface area (Å²) in [6, 6.07) is 12.1. The van der Waals surface area contributed by atoms with Crippen molar-refractivity contribution in [2.24, 2.45) is 0 Å². The molecule has 3 heterocycles. The van der Waals surface area contributed by atoms with Crippen molar-refractivity contribution in [3.63, 3.8) is 0 Å². The second-order valence-corrected chi connectivity index (χ2v) is 6.15. The van der Waals surface area contributed by atoms with E-state index in [9.17, 15) is 4.79 Å². The summed E-state index contributed by atoms with van der Waals surface area (Å²) in [5.74, 6) is 0.0847. The Morgan fingerprint density at radius 1 is 1.25 bits per heavy atom. The monoisotopic (exact) mass is 321 g/mol. The van der Waals surface area contributed by atoms with Crippen LogP contribution in [0.3, 0.4) is 0 Å². The fourth-order valence-corrected chi connectivity index (χ4v) is 3.18. The van der Waals surface area contributed by atoms with Crippen molar-refractivity contribution in [2.75, 3.05) is 13.1 Å². The molecule has 1 amide bonds. The molecule has 2 aromatic heterocycles. The van der Waals surface area contributed by atoms with E-state index in [-0.39, 0.29) is 5.91 Å². The molecule has 1 aliphatic heterocycles. The molecule has 1 fully saturated rings. The number of nitrogens with zero attached hydrogens (tertiary/aromatic N) is 2. The van der Waals surface area contributed by atoms with Gasteiger partial charge >= 0.3 is 0 Å². The summed E-state index contributed by atoms with van der Waals surface area (Å²) in [6.07, 6.45) is 6.00. The topological polar surface area (TPSA) is 58.4 Å². The van der Waals surface area contributed by atoms with Gasteiger partial charge in [-0.2, -0.15) is 0 Å². The zero-order chi connectivity index (χ0) is 16.4. The molecule has 0 radical (unpaired) electrons. The number of amides is 1. The quantitative estimate of drug-likeness (QED) is 0.803. The lowest BCUT2D eigenvalue weighted by atomic mass is 10.1. The van der Waals surface area contributed by atoms with Crippen LogP contribution in [0.25, 0.3) is 11.0 Å². The van der Waals surface area contributed by atoms with Gasteiger partial charge in [-0.05, 0) is 42.3 Å². The van der Waals surface area contributed by atoms with E-state index in [0.717, 1.165) is 37.0 Å². The van der Waals surface area contributed by atoms with Gasteiger partial charge in [-0.15, -0.1) is 0 Å². The fraction of sp³-hybridized carbons (Fsp3) is 0.263. The molecular weight excluding hydrogens is 302 g/mol. The molecule has 1 saturated heterocycles. The maximum atomic E-state index is 12.4. The van der Waals surface area contributed by atoms with Crippen LogP contribution in [0.1, 0.15) is 22.3 Å². The van der Waals surface area contributed by atoms with Gasteiger partial charge in [0, 0.05) is 49.0 Å². The smallest absolute Gasteiger partial charge is 0.254 e. The first-order valence-electron chi connectivity index (χ1n) is 8.18. The highest BCUT2D eigenvalue weighted by Gasteiger charge is 2.26. The number of rotatable bonds is 4.